The van der Waals surface area contributed by atoms with Crippen LogP contribution in [0.25, 0.3) is 0 Å². The van der Waals surface area contributed by atoms with Gasteiger partial charge in [-0.1, -0.05) is 30.3 Å². The number of hydrogen-bond acceptors (Lipinski definition) is 6. The Balaban J connectivity index is 2.13. The zero-order valence-corrected chi connectivity index (χ0v) is 13.7. The number of pyridine rings is 1. The van der Waals surface area contributed by atoms with Crippen molar-refractivity contribution in [3.05, 3.63) is 59.3 Å². The molecule has 1 aromatic carbocycles. The van der Waals surface area contributed by atoms with Crippen LogP contribution >= 0.6 is 0 Å². The number of carbonyl (C=O) groups excluding carboxylic acids is 2. The normalized spacial score (nSPS) is 10.1. The van der Waals surface area contributed by atoms with Gasteiger partial charge >= 0.3 is 11.9 Å². The summed E-state index contributed by atoms with van der Waals surface area (Å²) >= 11 is 0. The molecule has 0 radical (unpaired) electrons. The Hall–Kier alpha value is -2.89. The average molecular weight is 329 g/mol. The third-order valence-electron chi connectivity index (χ3n) is 3.42. The molecule has 0 saturated carbocycles. The third kappa shape index (κ3) is 4.81. The molecule has 0 unspecified atom stereocenters. The Morgan fingerprint density at radius 3 is 2.50 bits per heavy atom. The SMILES string of the molecule is COC(=O)CCc1cnc(OCc2ccccc2)cc1C(=O)OC. The average Bonchev–Trinajstić information content (AvgIpc) is 2.64. The maximum atomic E-state index is 12.0. The summed E-state index contributed by atoms with van der Waals surface area (Å²) in [4.78, 5) is 27.4. The molecule has 0 bridgehead atoms. The molecular weight excluding hydrogens is 310 g/mol. The van der Waals surface area contributed by atoms with Crippen molar-refractivity contribution < 1.29 is 23.8 Å². The van der Waals surface area contributed by atoms with Crippen LogP contribution in [0.15, 0.2) is 42.6 Å². The molecule has 0 aliphatic heterocycles. The molecule has 0 amide bonds. The first-order valence-electron chi connectivity index (χ1n) is 7.44. The minimum Gasteiger partial charge on any atom is -0.473 e. The number of benzene rings is 1. The van der Waals surface area contributed by atoms with E-state index in [1.807, 2.05) is 30.3 Å². The van der Waals surface area contributed by atoms with E-state index in [0.29, 0.717) is 30.0 Å². The van der Waals surface area contributed by atoms with E-state index in [0.717, 1.165) is 5.56 Å². The molecule has 6 heteroatoms. The summed E-state index contributed by atoms with van der Waals surface area (Å²) in [6, 6.07) is 11.2. The Morgan fingerprint density at radius 1 is 1.08 bits per heavy atom. The minimum atomic E-state index is -0.498. The van der Waals surface area contributed by atoms with Gasteiger partial charge in [0.05, 0.1) is 19.8 Å². The van der Waals surface area contributed by atoms with E-state index in [1.165, 1.54) is 26.5 Å². The van der Waals surface area contributed by atoms with Crippen molar-refractivity contribution in [1.82, 2.24) is 4.98 Å². The highest BCUT2D eigenvalue weighted by Crippen LogP contribution is 2.18. The quantitative estimate of drug-likeness (QED) is 0.727. The molecule has 0 fully saturated rings. The highest BCUT2D eigenvalue weighted by atomic mass is 16.5. The molecule has 24 heavy (non-hydrogen) atoms. The maximum absolute atomic E-state index is 12.0. The highest BCUT2D eigenvalue weighted by molar-refractivity contribution is 5.91. The van der Waals surface area contributed by atoms with Crippen LogP contribution in [-0.4, -0.2) is 31.1 Å². The van der Waals surface area contributed by atoms with Crippen molar-refractivity contribution in [2.24, 2.45) is 0 Å². The Bertz CT molecular complexity index is 700. The number of nitrogens with zero attached hydrogens (tertiary/aromatic N) is 1. The maximum Gasteiger partial charge on any atom is 0.338 e. The summed E-state index contributed by atoms with van der Waals surface area (Å²) in [5.74, 6) is -0.530. The lowest BCUT2D eigenvalue weighted by atomic mass is 10.1. The molecule has 0 atom stereocenters. The summed E-state index contributed by atoms with van der Waals surface area (Å²) in [6.45, 7) is 0.343. The van der Waals surface area contributed by atoms with Crippen molar-refractivity contribution in [3.8, 4) is 5.88 Å². The fourth-order valence-electron chi connectivity index (χ4n) is 2.11. The fourth-order valence-corrected chi connectivity index (χ4v) is 2.11. The summed E-state index contributed by atoms with van der Waals surface area (Å²) in [5, 5.41) is 0. The second kappa shape index (κ2) is 8.67. The Labute approximate surface area is 140 Å². The van der Waals surface area contributed by atoms with E-state index in [1.54, 1.807) is 0 Å². The summed E-state index contributed by atoms with van der Waals surface area (Å²) < 4.78 is 15.0. The number of aromatic nitrogens is 1. The molecule has 126 valence electrons. The number of aryl methyl sites for hydroxylation is 1. The lowest BCUT2D eigenvalue weighted by molar-refractivity contribution is -0.140. The smallest absolute Gasteiger partial charge is 0.338 e. The van der Waals surface area contributed by atoms with Gasteiger partial charge < -0.3 is 14.2 Å². The summed E-state index contributed by atoms with van der Waals surface area (Å²) in [6.07, 6.45) is 2.02. The molecule has 0 N–H and O–H groups in total. The zero-order valence-electron chi connectivity index (χ0n) is 13.7. The molecule has 0 saturated heterocycles. The molecule has 2 aromatic rings. The molecule has 0 aliphatic rings. The molecule has 6 nitrogen and oxygen atoms in total. The second-order valence-electron chi connectivity index (χ2n) is 5.02. The lowest BCUT2D eigenvalue weighted by Crippen LogP contribution is -2.10. The van der Waals surface area contributed by atoms with Gasteiger partial charge in [0.2, 0.25) is 5.88 Å². The predicted molar refractivity (Wildman–Crippen MR) is 86.7 cm³/mol. The van der Waals surface area contributed by atoms with Gasteiger partial charge in [-0.05, 0) is 17.5 Å². The number of rotatable bonds is 7. The molecule has 0 spiro atoms. The zero-order chi connectivity index (χ0) is 17.4. The van der Waals surface area contributed by atoms with E-state index < -0.39 is 5.97 Å². The minimum absolute atomic E-state index is 0.159. The summed E-state index contributed by atoms with van der Waals surface area (Å²) in [5.41, 5.74) is 1.94. The van der Waals surface area contributed by atoms with Crippen LogP contribution in [0.4, 0.5) is 0 Å². The van der Waals surface area contributed by atoms with Gasteiger partial charge in [0.25, 0.3) is 0 Å². The Kier molecular flexibility index (Phi) is 6.31. The fraction of sp³-hybridized carbons (Fsp3) is 0.278. The number of carbonyl (C=O) groups is 2. The third-order valence-corrected chi connectivity index (χ3v) is 3.42. The molecular formula is C18H19NO5. The number of esters is 2. The number of methoxy groups -OCH3 is 2. The van der Waals surface area contributed by atoms with E-state index in [-0.39, 0.29) is 12.4 Å². The van der Waals surface area contributed by atoms with Crippen molar-refractivity contribution in [1.29, 1.82) is 0 Å². The van der Waals surface area contributed by atoms with E-state index in [4.69, 9.17) is 9.47 Å². The van der Waals surface area contributed by atoms with E-state index >= 15 is 0 Å². The number of hydrogen-bond donors (Lipinski definition) is 0. The molecule has 1 aromatic heterocycles. The first kappa shape index (κ1) is 17.5. The first-order valence-corrected chi connectivity index (χ1v) is 7.44. The molecule has 2 rings (SSSR count). The van der Waals surface area contributed by atoms with Crippen molar-refractivity contribution in [3.63, 3.8) is 0 Å². The first-order chi connectivity index (χ1) is 11.6. The monoisotopic (exact) mass is 329 g/mol. The number of ether oxygens (including phenoxy) is 3. The second-order valence-corrected chi connectivity index (χ2v) is 5.02. The van der Waals surface area contributed by atoms with Crippen LogP contribution in [0.3, 0.4) is 0 Å². The van der Waals surface area contributed by atoms with Crippen molar-refractivity contribution >= 4 is 11.9 Å². The largest absolute Gasteiger partial charge is 0.473 e. The highest BCUT2D eigenvalue weighted by Gasteiger charge is 2.15. The standard InChI is InChI=1S/C18H19NO5/c1-22-17(20)9-8-14-11-19-16(10-15(14)18(21)23-2)24-12-13-6-4-3-5-7-13/h3-7,10-11H,8-9,12H2,1-2H3. The summed E-state index contributed by atoms with van der Waals surface area (Å²) in [7, 11) is 2.62. The van der Waals surface area contributed by atoms with Gasteiger partial charge in [-0.2, -0.15) is 0 Å². The van der Waals surface area contributed by atoms with E-state index in [2.05, 4.69) is 9.72 Å². The van der Waals surface area contributed by atoms with Gasteiger partial charge in [0.1, 0.15) is 6.61 Å². The lowest BCUT2D eigenvalue weighted by Gasteiger charge is -2.10. The van der Waals surface area contributed by atoms with Crippen LogP contribution in [0.1, 0.15) is 27.9 Å². The van der Waals surface area contributed by atoms with Crippen molar-refractivity contribution in [2.75, 3.05) is 14.2 Å². The van der Waals surface area contributed by atoms with Gasteiger partial charge in [-0.3, -0.25) is 4.79 Å². The topological polar surface area (TPSA) is 74.7 Å². The van der Waals surface area contributed by atoms with Gasteiger partial charge in [0, 0.05) is 18.7 Å². The Morgan fingerprint density at radius 2 is 1.83 bits per heavy atom. The molecule has 1 heterocycles. The van der Waals surface area contributed by atoms with E-state index in [9.17, 15) is 9.59 Å². The van der Waals surface area contributed by atoms with Gasteiger partial charge in [-0.15, -0.1) is 0 Å². The van der Waals surface area contributed by atoms with Gasteiger partial charge in [-0.25, -0.2) is 9.78 Å². The van der Waals surface area contributed by atoms with Crippen LogP contribution in [0.2, 0.25) is 0 Å². The molecule has 0 aliphatic carbocycles. The van der Waals surface area contributed by atoms with Crippen LogP contribution in [0, 0.1) is 0 Å². The van der Waals surface area contributed by atoms with Crippen LogP contribution < -0.4 is 4.74 Å². The van der Waals surface area contributed by atoms with Crippen LogP contribution in [-0.2, 0) is 27.3 Å². The van der Waals surface area contributed by atoms with Crippen LogP contribution in [0.5, 0.6) is 5.88 Å². The van der Waals surface area contributed by atoms with Gasteiger partial charge in [0.15, 0.2) is 0 Å². The predicted octanol–water partition coefficient (Wildman–Crippen LogP) is 2.55. The van der Waals surface area contributed by atoms with Crippen molar-refractivity contribution in [2.45, 2.75) is 19.4 Å².